The summed E-state index contributed by atoms with van der Waals surface area (Å²) < 4.78 is 0. The van der Waals surface area contributed by atoms with Crippen LogP contribution in [-0.4, -0.2) is 40.0 Å². The van der Waals surface area contributed by atoms with Gasteiger partial charge in [-0.2, -0.15) is 0 Å². The van der Waals surface area contributed by atoms with Crippen molar-refractivity contribution in [2.75, 3.05) is 13.1 Å². The number of piperidine rings is 1. The van der Waals surface area contributed by atoms with Gasteiger partial charge in [0.2, 0.25) is 5.91 Å². The van der Waals surface area contributed by atoms with Gasteiger partial charge >= 0.3 is 5.97 Å². The third-order valence-corrected chi connectivity index (χ3v) is 3.58. The molecule has 5 heteroatoms. The molecular formula is C14H18N2O3. The van der Waals surface area contributed by atoms with E-state index in [4.69, 9.17) is 5.11 Å². The highest BCUT2D eigenvalue weighted by Gasteiger charge is 2.23. The van der Waals surface area contributed by atoms with Gasteiger partial charge in [-0.15, -0.1) is 0 Å². The smallest absolute Gasteiger partial charge is 0.303 e. The average molecular weight is 262 g/mol. The summed E-state index contributed by atoms with van der Waals surface area (Å²) in [6.45, 7) is 1.43. The van der Waals surface area contributed by atoms with Gasteiger partial charge in [0.15, 0.2) is 0 Å². The highest BCUT2D eigenvalue weighted by molar-refractivity contribution is 5.80. The lowest BCUT2D eigenvalue weighted by atomic mass is 9.90. The van der Waals surface area contributed by atoms with E-state index in [-0.39, 0.29) is 18.7 Å². The summed E-state index contributed by atoms with van der Waals surface area (Å²) in [5.74, 6) is -0.484. The second-order valence-corrected chi connectivity index (χ2v) is 4.83. The number of nitrogens with zero attached hydrogens (tertiary/aromatic N) is 2. The lowest BCUT2D eigenvalue weighted by molar-refractivity contribution is -0.141. The highest BCUT2D eigenvalue weighted by atomic mass is 16.4. The molecule has 102 valence electrons. The number of hydrogen-bond acceptors (Lipinski definition) is 3. The Balaban J connectivity index is 1.82. The van der Waals surface area contributed by atoms with Gasteiger partial charge in [-0.05, 0) is 36.5 Å². The number of amides is 1. The summed E-state index contributed by atoms with van der Waals surface area (Å²) in [6, 6.07) is 4.04. The van der Waals surface area contributed by atoms with Crippen molar-refractivity contribution in [1.29, 1.82) is 0 Å². The van der Waals surface area contributed by atoms with Crippen LogP contribution in [0.2, 0.25) is 0 Å². The molecule has 0 aromatic carbocycles. The normalized spacial score (nSPS) is 16.3. The fourth-order valence-corrected chi connectivity index (χ4v) is 2.47. The van der Waals surface area contributed by atoms with Gasteiger partial charge in [-0.1, -0.05) is 0 Å². The van der Waals surface area contributed by atoms with Gasteiger partial charge in [0.25, 0.3) is 0 Å². The Morgan fingerprint density at radius 3 is 2.42 bits per heavy atom. The summed E-state index contributed by atoms with van der Waals surface area (Å²) in [5, 5.41) is 8.57. The Labute approximate surface area is 112 Å². The number of rotatable bonds is 4. The zero-order chi connectivity index (χ0) is 13.7. The minimum Gasteiger partial charge on any atom is -0.481 e. The van der Waals surface area contributed by atoms with Crippen LogP contribution in [0.15, 0.2) is 24.5 Å². The van der Waals surface area contributed by atoms with Crippen molar-refractivity contribution in [2.24, 2.45) is 0 Å². The molecule has 0 unspecified atom stereocenters. The number of pyridine rings is 1. The van der Waals surface area contributed by atoms with Crippen LogP contribution in [0.3, 0.4) is 0 Å². The predicted octanol–water partition coefficient (Wildman–Crippen LogP) is 1.65. The Morgan fingerprint density at radius 1 is 1.21 bits per heavy atom. The molecule has 19 heavy (non-hydrogen) atoms. The highest BCUT2D eigenvalue weighted by Crippen LogP contribution is 2.27. The number of carboxylic acid groups (broad SMARTS) is 1. The average Bonchev–Trinajstić information content (AvgIpc) is 2.46. The van der Waals surface area contributed by atoms with Gasteiger partial charge in [-0.25, -0.2) is 0 Å². The van der Waals surface area contributed by atoms with Crippen molar-refractivity contribution in [3.63, 3.8) is 0 Å². The van der Waals surface area contributed by atoms with Crippen LogP contribution >= 0.6 is 0 Å². The predicted molar refractivity (Wildman–Crippen MR) is 69.7 cm³/mol. The van der Waals surface area contributed by atoms with E-state index in [1.807, 2.05) is 12.1 Å². The molecule has 0 bridgehead atoms. The van der Waals surface area contributed by atoms with Gasteiger partial charge in [0, 0.05) is 31.9 Å². The molecule has 2 rings (SSSR count). The van der Waals surface area contributed by atoms with E-state index in [0.29, 0.717) is 19.0 Å². The maximum Gasteiger partial charge on any atom is 0.303 e. The molecule has 1 fully saturated rings. The Hall–Kier alpha value is -1.91. The van der Waals surface area contributed by atoms with Crippen molar-refractivity contribution in [3.8, 4) is 0 Å². The largest absolute Gasteiger partial charge is 0.481 e. The third kappa shape index (κ3) is 3.77. The fourth-order valence-electron chi connectivity index (χ4n) is 2.47. The SMILES string of the molecule is O=C(O)CCC(=O)N1CCC(c2ccncc2)CC1. The number of aliphatic carboxylic acids is 1. The van der Waals surface area contributed by atoms with Gasteiger partial charge < -0.3 is 10.0 Å². The summed E-state index contributed by atoms with van der Waals surface area (Å²) >= 11 is 0. The van der Waals surface area contributed by atoms with Crippen molar-refractivity contribution in [1.82, 2.24) is 9.88 Å². The molecule has 0 spiro atoms. The monoisotopic (exact) mass is 262 g/mol. The van der Waals surface area contributed by atoms with E-state index in [0.717, 1.165) is 12.8 Å². The Bertz CT molecular complexity index is 439. The second-order valence-electron chi connectivity index (χ2n) is 4.83. The maximum absolute atomic E-state index is 11.8. The van der Waals surface area contributed by atoms with Gasteiger partial charge in [0.05, 0.1) is 6.42 Å². The first-order valence-electron chi connectivity index (χ1n) is 6.56. The molecule has 5 nitrogen and oxygen atoms in total. The zero-order valence-electron chi connectivity index (χ0n) is 10.8. The van der Waals surface area contributed by atoms with E-state index in [1.54, 1.807) is 17.3 Å². The molecule has 1 aromatic heterocycles. The maximum atomic E-state index is 11.8. The number of aromatic nitrogens is 1. The van der Waals surface area contributed by atoms with Gasteiger partial charge in [-0.3, -0.25) is 14.6 Å². The van der Waals surface area contributed by atoms with Crippen LogP contribution in [0.5, 0.6) is 0 Å². The van der Waals surface area contributed by atoms with Gasteiger partial charge in [0.1, 0.15) is 0 Å². The minimum absolute atomic E-state index is 0.0458. The van der Waals surface area contributed by atoms with Crippen LogP contribution in [-0.2, 0) is 9.59 Å². The van der Waals surface area contributed by atoms with Crippen LogP contribution in [0, 0.1) is 0 Å². The molecule has 1 aliphatic heterocycles. The van der Waals surface area contributed by atoms with E-state index in [2.05, 4.69) is 4.98 Å². The summed E-state index contributed by atoms with van der Waals surface area (Å²) in [6.07, 6.45) is 5.48. The molecule has 2 heterocycles. The number of likely N-dealkylation sites (tertiary alicyclic amines) is 1. The number of carboxylic acids is 1. The summed E-state index contributed by atoms with van der Waals surface area (Å²) in [4.78, 5) is 28.0. The molecule has 1 saturated heterocycles. The minimum atomic E-state index is -0.917. The Morgan fingerprint density at radius 2 is 1.84 bits per heavy atom. The van der Waals surface area contributed by atoms with Crippen molar-refractivity contribution in [3.05, 3.63) is 30.1 Å². The number of carbonyl (C=O) groups is 2. The molecule has 1 aromatic rings. The summed E-state index contributed by atoms with van der Waals surface area (Å²) in [7, 11) is 0. The second kappa shape index (κ2) is 6.31. The van der Waals surface area contributed by atoms with Crippen LogP contribution in [0.1, 0.15) is 37.2 Å². The molecule has 1 aliphatic rings. The third-order valence-electron chi connectivity index (χ3n) is 3.58. The standard InChI is InChI=1S/C14H18N2O3/c17-13(1-2-14(18)19)16-9-5-12(6-10-16)11-3-7-15-8-4-11/h3-4,7-8,12H,1-2,5-6,9-10H2,(H,18,19). The topological polar surface area (TPSA) is 70.5 Å². The first-order valence-corrected chi connectivity index (χ1v) is 6.56. The van der Waals surface area contributed by atoms with E-state index < -0.39 is 5.97 Å². The molecule has 0 saturated carbocycles. The van der Waals surface area contributed by atoms with Crippen LogP contribution < -0.4 is 0 Å². The molecular weight excluding hydrogens is 244 g/mol. The van der Waals surface area contributed by atoms with Crippen LogP contribution in [0.25, 0.3) is 0 Å². The molecule has 0 aliphatic carbocycles. The number of carbonyl (C=O) groups excluding carboxylic acids is 1. The molecule has 1 N–H and O–H groups in total. The first-order chi connectivity index (χ1) is 9.16. The lowest BCUT2D eigenvalue weighted by Crippen LogP contribution is -2.38. The molecule has 1 amide bonds. The fraction of sp³-hybridized carbons (Fsp3) is 0.500. The van der Waals surface area contributed by atoms with Crippen LogP contribution in [0.4, 0.5) is 0 Å². The first kappa shape index (κ1) is 13.5. The van der Waals surface area contributed by atoms with E-state index in [9.17, 15) is 9.59 Å². The zero-order valence-corrected chi connectivity index (χ0v) is 10.8. The lowest BCUT2D eigenvalue weighted by Gasteiger charge is -2.32. The van der Waals surface area contributed by atoms with E-state index in [1.165, 1.54) is 5.56 Å². The molecule has 0 radical (unpaired) electrons. The number of hydrogen-bond donors (Lipinski definition) is 1. The summed E-state index contributed by atoms with van der Waals surface area (Å²) in [5.41, 5.74) is 1.27. The quantitative estimate of drug-likeness (QED) is 0.895. The van der Waals surface area contributed by atoms with Crippen molar-refractivity contribution in [2.45, 2.75) is 31.6 Å². The molecule has 0 atom stereocenters. The van der Waals surface area contributed by atoms with E-state index >= 15 is 0 Å². The van der Waals surface area contributed by atoms with Crippen molar-refractivity contribution < 1.29 is 14.7 Å². The van der Waals surface area contributed by atoms with Crippen molar-refractivity contribution >= 4 is 11.9 Å². The Kier molecular flexibility index (Phi) is 4.49.